The number of nitrogens with zero attached hydrogens (tertiary/aromatic N) is 5. The maximum absolute atomic E-state index is 4.89. The topological polar surface area (TPSA) is 58.9 Å². The predicted molar refractivity (Wildman–Crippen MR) is 109 cm³/mol. The van der Waals surface area contributed by atoms with Crippen LogP contribution in [0.25, 0.3) is 0 Å². The van der Waals surface area contributed by atoms with E-state index >= 15 is 0 Å². The number of likely N-dealkylation sites (tertiary alicyclic amines) is 1. The highest BCUT2D eigenvalue weighted by atomic mass is 32.1. The molecular formula is C20H26N6S. The van der Waals surface area contributed by atoms with Crippen molar-refractivity contribution >= 4 is 22.3 Å². The monoisotopic (exact) mass is 382 g/mol. The average Bonchev–Trinajstić information content (AvgIpc) is 3.37. The van der Waals surface area contributed by atoms with Gasteiger partial charge in [-0.2, -0.15) is 5.10 Å². The van der Waals surface area contributed by atoms with Crippen molar-refractivity contribution in [2.24, 2.45) is 0 Å². The van der Waals surface area contributed by atoms with Crippen LogP contribution in [0.1, 0.15) is 47.6 Å². The van der Waals surface area contributed by atoms with Gasteiger partial charge in [0.1, 0.15) is 5.82 Å². The zero-order valence-corrected chi connectivity index (χ0v) is 17.0. The highest BCUT2D eigenvalue weighted by molar-refractivity contribution is 7.15. The summed E-state index contributed by atoms with van der Waals surface area (Å²) in [5.74, 6) is 0.865. The summed E-state index contributed by atoms with van der Waals surface area (Å²) in [6.45, 7) is 9.24. The van der Waals surface area contributed by atoms with Gasteiger partial charge in [-0.15, -0.1) is 11.3 Å². The summed E-state index contributed by atoms with van der Waals surface area (Å²) < 4.78 is 2.02. The molecule has 1 N–H and O–H groups in total. The van der Waals surface area contributed by atoms with Crippen molar-refractivity contribution in [1.29, 1.82) is 0 Å². The van der Waals surface area contributed by atoms with Crippen molar-refractivity contribution in [2.75, 3.05) is 11.9 Å². The van der Waals surface area contributed by atoms with Gasteiger partial charge >= 0.3 is 0 Å². The number of thiazole rings is 1. The summed E-state index contributed by atoms with van der Waals surface area (Å²) in [5, 5.41) is 8.82. The van der Waals surface area contributed by atoms with Crippen molar-refractivity contribution in [3.8, 4) is 0 Å². The number of aromatic nitrogens is 4. The van der Waals surface area contributed by atoms with Crippen LogP contribution in [0.2, 0.25) is 0 Å². The lowest BCUT2D eigenvalue weighted by atomic mass is 10.1. The van der Waals surface area contributed by atoms with E-state index in [0.29, 0.717) is 6.04 Å². The Labute approximate surface area is 164 Å². The van der Waals surface area contributed by atoms with Gasteiger partial charge in [0.2, 0.25) is 0 Å². The molecule has 1 atom stereocenters. The predicted octanol–water partition coefficient (Wildman–Crippen LogP) is 4.45. The Morgan fingerprint density at radius 2 is 2.19 bits per heavy atom. The summed E-state index contributed by atoms with van der Waals surface area (Å²) in [6.07, 6.45) is 6.42. The van der Waals surface area contributed by atoms with Crippen molar-refractivity contribution in [2.45, 2.75) is 52.7 Å². The third-order valence-corrected chi connectivity index (χ3v) is 5.91. The zero-order chi connectivity index (χ0) is 18.8. The van der Waals surface area contributed by atoms with E-state index in [2.05, 4.69) is 59.4 Å². The van der Waals surface area contributed by atoms with Crippen LogP contribution in [-0.2, 0) is 13.1 Å². The molecule has 0 radical (unpaired) electrons. The maximum atomic E-state index is 4.89. The van der Waals surface area contributed by atoms with E-state index in [-0.39, 0.29) is 0 Å². The highest BCUT2D eigenvalue weighted by Gasteiger charge is 2.28. The van der Waals surface area contributed by atoms with Crippen LogP contribution in [0.5, 0.6) is 0 Å². The fourth-order valence-electron chi connectivity index (χ4n) is 3.67. The molecule has 6 nitrogen and oxygen atoms in total. The molecule has 0 bridgehead atoms. The SMILES string of the molecule is CCn1cc(CN2CCC[C@H]2c2cccc(Nc3ncc(C)s3)n2)c(C)n1. The second-order valence-corrected chi connectivity index (χ2v) is 8.31. The maximum Gasteiger partial charge on any atom is 0.188 e. The molecule has 0 saturated carbocycles. The fourth-order valence-corrected chi connectivity index (χ4v) is 4.35. The molecule has 27 heavy (non-hydrogen) atoms. The second kappa shape index (κ2) is 7.78. The van der Waals surface area contributed by atoms with E-state index in [1.165, 1.54) is 16.9 Å². The number of nitrogens with one attached hydrogen (secondary N) is 1. The first kappa shape index (κ1) is 18.1. The molecule has 0 spiro atoms. The van der Waals surface area contributed by atoms with Gasteiger partial charge in [0.05, 0.1) is 17.4 Å². The van der Waals surface area contributed by atoms with Gasteiger partial charge in [0, 0.05) is 35.9 Å². The first-order valence-corrected chi connectivity index (χ1v) is 10.4. The number of pyridine rings is 1. The lowest BCUT2D eigenvalue weighted by Crippen LogP contribution is -2.23. The van der Waals surface area contributed by atoms with Gasteiger partial charge in [-0.1, -0.05) is 6.07 Å². The summed E-state index contributed by atoms with van der Waals surface area (Å²) in [5.41, 5.74) is 3.58. The first-order valence-electron chi connectivity index (χ1n) is 9.55. The molecule has 0 aliphatic carbocycles. The lowest BCUT2D eigenvalue weighted by Gasteiger charge is -2.24. The molecule has 4 rings (SSSR count). The lowest BCUT2D eigenvalue weighted by molar-refractivity contribution is 0.244. The largest absolute Gasteiger partial charge is 0.316 e. The van der Waals surface area contributed by atoms with Crippen LogP contribution in [0.4, 0.5) is 10.9 Å². The minimum absolute atomic E-state index is 0.356. The van der Waals surface area contributed by atoms with Crippen LogP contribution in [0.15, 0.2) is 30.6 Å². The number of hydrogen-bond acceptors (Lipinski definition) is 6. The summed E-state index contributed by atoms with van der Waals surface area (Å²) >= 11 is 1.65. The van der Waals surface area contributed by atoms with Crippen LogP contribution in [0, 0.1) is 13.8 Å². The Kier molecular flexibility index (Phi) is 5.22. The Morgan fingerprint density at radius 1 is 1.30 bits per heavy atom. The molecule has 4 heterocycles. The summed E-state index contributed by atoms with van der Waals surface area (Å²) in [4.78, 5) is 13.0. The Morgan fingerprint density at radius 3 is 2.93 bits per heavy atom. The van der Waals surface area contributed by atoms with Crippen LogP contribution in [-0.4, -0.2) is 31.2 Å². The Hall–Kier alpha value is -2.25. The molecule has 1 aliphatic heterocycles. The summed E-state index contributed by atoms with van der Waals surface area (Å²) in [7, 11) is 0. The normalized spacial score (nSPS) is 17.5. The Bertz CT molecular complexity index is 915. The van der Waals surface area contributed by atoms with Gasteiger partial charge in [0.15, 0.2) is 5.13 Å². The van der Waals surface area contributed by atoms with E-state index in [4.69, 9.17) is 4.98 Å². The minimum atomic E-state index is 0.356. The van der Waals surface area contributed by atoms with Gasteiger partial charge in [-0.25, -0.2) is 9.97 Å². The van der Waals surface area contributed by atoms with Gasteiger partial charge in [0.25, 0.3) is 0 Å². The molecule has 1 saturated heterocycles. The van der Waals surface area contributed by atoms with Gasteiger partial charge < -0.3 is 5.32 Å². The van der Waals surface area contributed by atoms with E-state index in [1.807, 2.05) is 16.9 Å². The first-order chi connectivity index (χ1) is 13.1. The van der Waals surface area contributed by atoms with E-state index in [0.717, 1.165) is 48.4 Å². The fraction of sp³-hybridized carbons (Fsp3) is 0.450. The average molecular weight is 383 g/mol. The quantitative estimate of drug-likeness (QED) is 0.682. The van der Waals surface area contributed by atoms with E-state index in [9.17, 15) is 0 Å². The minimum Gasteiger partial charge on any atom is -0.316 e. The number of hydrogen-bond donors (Lipinski definition) is 1. The zero-order valence-electron chi connectivity index (χ0n) is 16.1. The van der Waals surface area contributed by atoms with Crippen LogP contribution in [0.3, 0.4) is 0 Å². The molecule has 1 fully saturated rings. The van der Waals surface area contributed by atoms with Crippen LogP contribution >= 0.6 is 11.3 Å². The number of rotatable bonds is 6. The second-order valence-electron chi connectivity index (χ2n) is 7.07. The molecule has 0 amide bonds. The molecule has 1 aliphatic rings. The van der Waals surface area contributed by atoms with Gasteiger partial charge in [-0.3, -0.25) is 9.58 Å². The van der Waals surface area contributed by atoms with E-state index in [1.54, 1.807) is 11.3 Å². The summed E-state index contributed by atoms with van der Waals surface area (Å²) in [6, 6.07) is 6.59. The van der Waals surface area contributed by atoms with Crippen molar-refractivity contribution in [3.63, 3.8) is 0 Å². The highest BCUT2D eigenvalue weighted by Crippen LogP contribution is 2.33. The standard InChI is InChI=1S/C20H26N6S/c1-4-26-13-16(15(3)24-26)12-25-10-6-8-18(25)17-7-5-9-19(22-17)23-20-21-11-14(2)27-20/h5,7,9,11,13,18H,4,6,8,10,12H2,1-3H3,(H,21,22,23)/t18-/m0/s1. The third-order valence-electron chi connectivity index (χ3n) is 5.08. The number of aryl methyl sites for hydroxylation is 3. The molecule has 3 aromatic heterocycles. The molecule has 0 aromatic carbocycles. The van der Waals surface area contributed by atoms with Crippen molar-refractivity contribution in [3.05, 3.63) is 52.4 Å². The molecule has 3 aromatic rings. The van der Waals surface area contributed by atoms with Crippen molar-refractivity contribution in [1.82, 2.24) is 24.6 Å². The smallest absolute Gasteiger partial charge is 0.188 e. The molecule has 0 unspecified atom stereocenters. The molecule has 7 heteroatoms. The Balaban J connectivity index is 1.51. The van der Waals surface area contributed by atoms with Gasteiger partial charge in [-0.05, 0) is 52.3 Å². The molecule has 142 valence electrons. The molecular weight excluding hydrogens is 356 g/mol. The van der Waals surface area contributed by atoms with Crippen molar-refractivity contribution < 1.29 is 0 Å². The number of anilines is 2. The van der Waals surface area contributed by atoms with E-state index < -0.39 is 0 Å². The third kappa shape index (κ3) is 4.04. The van der Waals surface area contributed by atoms with Crippen LogP contribution < -0.4 is 5.32 Å².